The van der Waals surface area contributed by atoms with E-state index in [1.54, 1.807) is 0 Å². The first-order valence-electron chi connectivity index (χ1n) is 3.57. The lowest BCUT2D eigenvalue weighted by molar-refractivity contribution is -0.895. The Morgan fingerprint density at radius 3 is 2.27 bits per heavy atom. The van der Waals surface area contributed by atoms with Crippen molar-refractivity contribution in [2.24, 2.45) is 0 Å². The monoisotopic (exact) mass is 163 g/mol. The highest BCUT2D eigenvalue weighted by atomic mass is 16.4. The van der Waals surface area contributed by atoms with Crippen LogP contribution in [0.3, 0.4) is 0 Å². The molecule has 0 aromatic carbocycles. The summed E-state index contributed by atoms with van der Waals surface area (Å²) < 4.78 is 0.586. The molecule has 1 atom stereocenters. The fourth-order valence-corrected chi connectivity index (χ4v) is 1.60. The van der Waals surface area contributed by atoms with E-state index in [4.69, 9.17) is 0 Å². The van der Waals surface area contributed by atoms with E-state index in [0.717, 1.165) is 19.4 Å². The van der Waals surface area contributed by atoms with Crippen LogP contribution in [0.25, 0.3) is 0 Å². The Bertz CT molecular complexity index is 156. The minimum absolute atomic E-state index is 0. The molecule has 1 rings (SSSR count). The van der Waals surface area contributed by atoms with Gasteiger partial charge in [-0.2, -0.15) is 0 Å². The lowest BCUT2D eigenvalue weighted by Gasteiger charge is -2.31. The number of rotatable bonds is 1. The molecule has 2 N–H and O–H groups in total. The lowest BCUT2D eigenvalue weighted by Crippen LogP contribution is -2.53. The van der Waals surface area contributed by atoms with Crippen molar-refractivity contribution in [3.05, 3.63) is 0 Å². The molecule has 0 bridgehead atoms. The van der Waals surface area contributed by atoms with Gasteiger partial charge in [0, 0.05) is 12.8 Å². The summed E-state index contributed by atoms with van der Waals surface area (Å²) in [6.07, 6.45) is 1.78. The molecule has 0 aromatic rings. The highest BCUT2D eigenvalue weighted by molar-refractivity contribution is 5.70. The molecule has 0 aliphatic carbocycles. The predicted molar refractivity (Wildman–Crippen MR) is 38.6 cm³/mol. The fraction of sp³-hybridized carbons (Fsp3) is 0.857. The lowest BCUT2D eigenvalue weighted by atomic mass is 10.2. The van der Waals surface area contributed by atoms with Gasteiger partial charge in [0.2, 0.25) is 0 Å². The molecule has 0 spiro atoms. The third-order valence-corrected chi connectivity index (χ3v) is 2.33. The van der Waals surface area contributed by atoms with Crippen molar-refractivity contribution in [3.8, 4) is 0 Å². The van der Waals surface area contributed by atoms with E-state index in [-0.39, 0.29) is 11.5 Å². The topological polar surface area (TPSA) is 71.6 Å². The van der Waals surface area contributed by atoms with Crippen LogP contribution in [-0.4, -0.2) is 42.6 Å². The Balaban J connectivity index is 0.000001000. The van der Waals surface area contributed by atoms with E-state index in [0.29, 0.717) is 4.48 Å². The van der Waals surface area contributed by atoms with Gasteiger partial charge in [-0.1, -0.05) is 0 Å². The number of hydrogen-bond donors (Lipinski definition) is 0. The summed E-state index contributed by atoms with van der Waals surface area (Å²) in [5, 5.41) is 10.5. The van der Waals surface area contributed by atoms with Gasteiger partial charge in [-0.25, -0.2) is 0 Å². The Morgan fingerprint density at radius 1 is 1.55 bits per heavy atom. The molecule has 4 heteroatoms. The molecule has 1 aliphatic heterocycles. The maximum absolute atomic E-state index is 10.5. The molecule has 66 valence electrons. The van der Waals surface area contributed by atoms with Gasteiger partial charge in [0.15, 0.2) is 0 Å². The molecule has 1 aliphatic rings. The molecule has 0 radical (unpaired) electrons. The second kappa shape index (κ2) is 3.19. The highest BCUT2D eigenvalue weighted by Crippen LogP contribution is 2.20. The van der Waals surface area contributed by atoms with Crippen molar-refractivity contribution in [3.63, 3.8) is 0 Å². The first-order valence-corrected chi connectivity index (χ1v) is 3.57. The molecule has 0 saturated carbocycles. The maximum Gasteiger partial charge on any atom is 0.129 e. The standard InChI is InChI=1S/C7H13NO2.H2O/c1-8(2)5-3-4-6(8)7(9)10;/h6H,3-5H2,1-2H3;1H2/t6-;/m0./s1/i1+1,2+1;. The van der Waals surface area contributed by atoms with Gasteiger partial charge in [-0.05, 0) is 0 Å². The van der Waals surface area contributed by atoms with E-state index in [1.165, 1.54) is 0 Å². The number of nitrogens with zero attached hydrogens (tertiary/aromatic N) is 1. The Kier molecular flexibility index (Phi) is 3.02. The fourth-order valence-electron chi connectivity index (χ4n) is 1.60. The summed E-state index contributed by atoms with van der Waals surface area (Å²) >= 11 is 0. The van der Waals surface area contributed by atoms with Crippen LogP contribution in [0.15, 0.2) is 0 Å². The van der Waals surface area contributed by atoms with Crippen LogP contribution in [-0.2, 0) is 4.79 Å². The van der Waals surface area contributed by atoms with Crippen molar-refractivity contribution in [1.82, 2.24) is 0 Å². The van der Waals surface area contributed by atoms with Gasteiger partial charge in [0.1, 0.15) is 6.04 Å². The summed E-state index contributed by atoms with van der Waals surface area (Å²) in [7, 11) is 3.88. The summed E-state index contributed by atoms with van der Waals surface area (Å²) in [6.45, 7) is 0.957. The zero-order chi connectivity index (χ0) is 7.78. The zero-order valence-corrected chi connectivity index (χ0v) is 6.96. The number of hydrogen-bond acceptors (Lipinski definition) is 2. The molecule has 11 heavy (non-hydrogen) atoms. The Labute approximate surface area is 66.3 Å². The van der Waals surface area contributed by atoms with Crippen LogP contribution in [0.4, 0.5) is 0 Å². The summed E-state index contributed by atoms with van der Waals surface area (Å²) in [5.41, 5.74) is 0. The normalized spacial score (nSPS) is 27.6. The first kappa shape index (κ1) is 10.4. The predicted octanol–water partition coefficient (Wildman–Crippen LogP) is -1.85. The Hall–Kier alpha value is -0.610. The first-order chi connectivity index (χ1) is 4.54. The zero-order valence-electron chi connectivity index (χ0n) is 6.96. The summed E-state index contributed by atoms with van der Waals surface area (Å²) in [5.74, 6) is -0.900. The number of carboxylic acids is 1. The highest BCUT2D eigenvalue weighted by Gasteiger charge is 2.34. The van der Waals surface area contributed by atoms with E-state index in [1.807, 2.05) is 14.1 Å². The number of carboxylic acid groups (broad SMARTS) is 1. The van der Waals surface area contributed by atoms with Crippen molar-refractivity contribution in [1.29, 1.82) is 0 Å². The molecule has 1 fully saturated rings. The van der Waals surface area contributed by atoms with Crippen molar-refractivity contribution in [2.75, 3.05) is 20.6 Å². The van der Waals surface area contributed by atoms with Gasteiger partial charge in [0.05, 0.1) is 26.6 Å². The minimum Gasteiger partial charge on any atom is -0.544 e. The van der Waals surface area contributed by atoms with Crippen molar-refractivity contribution >= 4 is 5.97 Å². The number of likely N-dealkylation sites (tertiary alicyclic amines) is 1. The second-order valence-corrected chi connectivity index (χ2v) is 3.48. The number of aliphatic carboxylic acids is 1. The summed E-state index contributed by atoms with van der Waals surface area (Å²) in [6, 6.07) is -0.278. The quantitative estimate of drug-likeness (QED) is 0.336. The number of likely N-dealkylation sites (N-methyl/N-ethyl adjacent to an activating group) is 1. The van der Waals surface area contributed by atoms with Gasteiger partial charge in [-0.3, -0.25) is 0 Å². The third-order valence-electron chi connectivity index (χ3n) is 2.33. The number of quaternary nitrogens is 1. The van der Waals surface area contributed by atoms with Crippen molar-refractivity contribution < 1.29 is 19.9 Å². The molecular weight excluding hydrogens is 148 g/mol. The third kappa shape index (κ3) is 1.91. The van der Waals surface area contributed by atoms with Crippen LogP contribution < -0.4 is 5.11 Å². The van der Waals surface area contributed by atoms with Gasteiger partial charge in [0.25, 0.3) is 0 Å². The molecule has 0 aromatic heterocycles. The molecule has 0 unspecified atom stereocenters. The van der Waals surface area contributed by atoms with Crippen LogP contribution in [0.5, 0.6) is 0 Å². The van der Waals surface area contributed by atoms with Crippen LogP contribution >= 0.6 is 0 Å². The average molecular weight is 163 g/mol. The SMILES string of the molecule is O.[13CH3][N+]1([13CH3])CCC[C@H]1C(=O)[O-]. The smallest absolute Gasteiger partial charge is 0.129 e. The van der Waals surface area contributed by atoms with E-state index >= 15 is 0 Å². The summed E-state index contributed by atoms with van der Waals surface area (Å²) in [4.78, 5) is 10.5. The number of carbonyl (C=O) groups is 1. The molecule has 1 saturated heterocycles. The van der Waals surface area contributed by atoms with Gasteiger partial charge in [-0.15, -0.1) is 0 Å². The molecule has 0 amide bonds. The average Bonchev–Trinajstić information content (AvgIpc) is 2.08. The van der Waals surface area contributed by atoms with Gasteiger partial charge < -0.3 is 19.9 Å². The maximum atomic E-state index is 10.5. The largest absolute Gasteiger partial charge is 0.544 e. The van der Waals surface area contributed by atoms with E-state index < -0.39 is 5.97 Å². The minimum atomic E-state index is -0.900. The van der Waals surface area contributed by atoms with Crippen LogP contribution in [0.1, 0.15) is 12.8 Å². The van der Waals surface area contributed by atoms with E-state index in [9.17, 15) is 9.90 Å². The van der Waals surface area contributed by atoms with Crippen LogP contribution in [0.2, 0.25) is 0 Å². The second-order valence-electron chi connectivity index (χ2n) is 3.48. The molecule has 1 heterocycles. The van der Waals surface area contributed by atoms with Gasteiger partial charge >= 0.3 is 0 Å². The van der Waals surface area contributed by atoms with E-state index in [2.05, 4.69) is 0 Å². The molecular formula is C7H15NO3. The Morgan fingerprint density at radius 2 is 2.09 bits per heavy atom. The van der Waals surface area contributed by atoms with Crippen molar-refractivity contribution in [2.45, 2.75) is 18.9 Å². The number of carbonyl (C=O) groups excluding carboxylic acids is 1. The molecule has 4 nitrogen and oxygen atoms in total. The van der Waals surface area contributed by atoms with Crippen LogP contribution in [0, 0.1) is 0 Å².